The van der Waals surface area contributed by atoms with Gasteiger partial charge in [-0.3, -0.25) is 4.98 Å². The van der Waals surface area contributed by atoms with E-state index in [1.54, 1.807) is 12.3 Å². The molecule has 0 fully saturated rings. The van der Waals surface area contributed by atoms with Gasteiger partial charge in [0.25, 0.3) is 0 Å². The van der Waals surface area contributed by atoms with Crippen LogP contribution in [0.4, 0.5) is 5.69 Å². The normalized spacial score (nSPS) is 13.4. The van der Waals surface area contributed by atoms with E-state index in [1.807, 2.05) is 26.0 Å². The van der Waals surface area contributed by atoms with E-state index in [2.05, 4.69) is 11.6 Å². The van der Waals surface area contributed by atoms with Crippen LogP contribution in [-0.2, 0) is 0 Å². The van der Waals surface area contributed by atoms with E-state index in [-0.39, 0.29) is 0 Å². The van der Waals surface area contributed by atoms with E-state index in [4.69, 9.17) is 5.73 Å². The van der Waals surface area contributed by atoms with Crippen LogP contribution in [0.2, 0.25) is 0 Å². The molecule has 0 bridgehead atoms. The minimum Gasteiger partial charge on any atom is -0.398 e. The average molecular weight is 174 g/mol. The molecular formula is C11H14N2. The van der Waals surface area contributed by atoms with Crippen molar-refractivity contribution >= 4 is 17.8 Å². The maximum Gasteiger partial charge on any atom is 0.0721 e. The van der Waals surface area contributed by atoms with Crippen molar-refractivity contribution in [3.63, 3.8) is 0 Å². The van der Waals surface area contributed by atoms with E-state index in [0.29, 0.717) is 0 Å². The summed E-state index contributed by atoms with van der Waals surface area (Å²) in [5, 5.41) is 1.86. The molecule has 1 rings (SSSR count). The first-order chi connectivity index (χ1) is 6.15. The molecule has 2 nitrogen and oxygen atoms in total. The molecule has 0 spiro atoms. The van der Waals surface area contributed by atoms with Crippen LogP contribution in [0.15, 0.2) is 24.4 Å². The van der Waals surface area contributed by atoms with Gasteiger partial charge >= 0.3 is 0 Å². The zero-order chi connectivity index (χ0) is 9.84. The van der Waals surface area contributed by atoms with Gasteiger partial charge in [-0.25, -0.2) is 0 Å². The van der Waals surface area contributed by atoms with Gasteiger partial charge in [-0.05, 0) is 26.0 Å². The summed E-state index contributed by atoms with van der Waals surface area (Å²) in [5.74, 6) is 0. The highest BCUT2D eigenvalue weighted by atomic mass is 14.7. The lowest BCUT2D eigenvalue weighted by molar-refractivity contribution is 1.22. The average Bonchev–Trinajstić information content (AvgIpc) is 2.03. The number of hydrogen-bond acceptors (Lipinski definition) is 2. The molecule has 0 unspecified atom stereocenters. The number of allylic oxidation sites excluding steroid dienone is 1. The second kappa shape index (κ2) is 3.90. The van der Waals surface area contributed by atoms with E-state index in [0.717, 1.165) is 21.8 Å². The van der Waals surface area contributed by atoms with E-state index in [9.17, 15) is 0 Å². The summed E-state index contributed by atoms with van der Waals surface area (Å²) in [5.41, 5.74) is 7.51. The maximum absolute atomic E-state index is 5.79. The van der Waals surface area contributed by atoms with E-state index >= 15 is 0 Å². The van der Waals surface area contributed by atoms with Crippen molar-refractivity contribution in [2.45, 2.75) is 13.8 Å². The number of rotatable bonds is 1. The Morgan fingerprint density at radius 1 is 1.62 bits per heavy atom. The summed E-state index contributed by atoms with van der Waals surface area (Å²) >= 11 is 0. The smallest absolute Gasteiger partial charge is 0.0721 e. The zero-order valence-electron chi connectivity index (χ0n) is 8.04. The second-order valence-corrected chi connectivity index (χ2v) is 2.98. The second-order valence-electron chi connectivity index (χ2n) is 2.98. The van der Waals surface area contributed by atoms with Gasteiger partial charge in [0, 0.05) is 17.1 Å². The molecule has 0 aromatic carbocycles. The minimum absolute atomic E-state index is 0.755. The molecule has 0 atom stereocenters. The highest BCUT2D eigenvalue weighted by Gasteiger charge is 1.90. The Morgan fingerprint density at radius 3 is 2.85 bits per heavy atom. The van der Waals surface area contributed by atoms with Crippen molar-refractivity contribution in [3.8, 4) is 0 Å². The third kappa shape index (κ3) is 2.18. The Kier molecular flexibility index (Phi) is 2.85. The van der Waals surface area contributed by atoms with Crippen LogP contribution < -0.4 is 16.3 Å². The van der Waals surface area contributed by atoms with Gasteiger partial charge in [-0.1, -0.05) is 18.2 Å². The number of pyridine rings is 1. The number of hydrogen-bond donors (Lipinski definition) is 1. The highest BCUT2D eigenvalue weighted by Crippen LogP contribution is 1.88. The standard InChI is InChI=1S/C11H14N2/c1-4-9-10(12)5-6-13-11(9)7-8(2)3/h4-7H,2,12H2,1,3H3. The summed E-state index contributed by atoms with van der Waals surface area (Å²) < 4.78 is 0. The van der Waals surface area contributed by atoms with Crippen molar-refractivity contribution < 1.29 is 0 Å². The predicted molar refractivity (Wildman–Crippen MR) is 57.3 cm³/mol. The topological polar surface area (TPSA) is 38.9 Å². The van der Waals surface area contributed by atoms with Gasteiger partial charge in [0.15, 0.2) is 0 Å². The highest BCUT2D eigenvalue weighted by molar-refractivity contribution is 5.49. The Labute approximate surface area is 78.1 Å². The van der Waals surface area contributed by atoms with Crippen molar-refractivity contribution in [2.75, 3.05) is 5.73 Å². The predicted octanol–water partition coefficient (Wildman–Crippen LogP) is 0.821. The monoisotopic (exact) mass is 174 g/mol. The first kappa shape index (κ1) is 9.52. The van der Waals surface area contributed by atoms with Crippen LogP contribution in [0, 0.1) is 0 Å². The van der Waals surface area contributed by atoms with Crippen LogP contribution in [-0.4, -0.2) is 4.98 Å². The van der Waals surface area contributed by atoms with Crippen molar-refractivity contribution in [3.05, 3.63) is 35.0 Å². The molecule has 2 N–H and O–H groups in total. The Bertz CT molecular complexity index is 430. The SMILES string of the molecule is C=C(C)C=c1nccc(N)c1=CC. The lowest BCUT2D eigenvalue weighted by Crippen LogP contribution is -2.30. The minimum atomic E-state index is 0.755. The van der Waals surface area contributed by atoms with Crippen LogP contribution in [0.25, 0.3) is 12.2 Å². The molecule has 2 heteroatoms. The molecule has 1 heterocycles. The Morgan fingerprint density at radius 2 is 2.31 bits per heavy atom. The molecule has 0 saturated carbocycles. The van der Waals surface area contributed by atoms with Crippen molar-refractivity contribution in [1.29, 1.82) is 0 Å². The summed E-state index contributed by atoms with van der Waals surface area (Å²) in [4.78, 5) is 4.22. The van der Waals surface area contributed by atoms with Gasteiger partial charge < -0.3 is 5.73 Å². The third-order valence-electron chi connectivity index (χ3n) is 1.73. The fourth-order valence-corrected chi connectivity index (χ4v) is 1.17. The first-order valence-corrected chi connectivity index (χ1v) is 4.19. The molecule has 0 aliphatic rings. The van der Waals surface area contributed by atoms with Crippen molar-refractivity contribution in [1.82, 2.24) is 4.98 Å². The fourth-order valence-electron chi connectivity index (χ4n) is 1.17. The molecular weight excluding hydrogens is 160 g/mol. The van der Waals surface area contributed by atoms with Crippen molar-refractivity contribution in [2.24, 2.45) is 0 Å². The molecule has 0 radical (unpaired) electrons. The molecule has 0 amide bonds. The van der Waals surface area contributed by atoms with Crippen LogP contribution in [0.3, 0.4) is 0 Å². The molecule has 13 heavy (non-hydrogen) atoms. The number of nitrogens with two attached hydrogens (primary N) is 1. The lowest BCUT2D eigenvalue weighted by atomic mass is 10.2. The Balaban J connectivity index is 3.57. The molecule has 0 aliphatic heterocycles. The van der Waals surface area contributed by atoms with Gasteiger partial charge in [-0.2, -0.15) is 0 Å². The summed E-state index contributed by atoms with van der Waals surface area (Å²) in [6.45, 7) is 7.69. The number of anilines is 1. The van der Waals surface area contributed by atoms with Crippen LogP contribution >= 0.6 is 0 Å². The third-order valence-corrected chi connectivity index (χ3v) is 1.73. The molecule has 1 aromatic rings. The van der Waals surface area contributed by atoms with E-state index < -0.39 is 0 Å². The fraction of sp³-hybridized carbons (Fsp3) is 0.182. The van der Waals surface area contributed by atoms with Crippen LogP contribution in [0.1, 0.15) is 13.8 Å². The van der Waals surface area contributed by atoms with Gasteiger partial charge in [0.05, 0.1) is 5.35 Å². The zero-order valence-corrected chi connectivity index (χ0v) is 8.04. The van der Waals surface area contributed by atoms with E-state index in [1.165, 1.54) is 0 Å². The summed E-state index contributed by atoms with van der Waals surface area (Å²) in [6.07, 6.45) is 5.58. The Hall–Kier alpha value is -1.57. The largest absolute Gasteiger partial charge is 0.398 e. The quantitative estimate of drug-likeness (QED) is 0.684. The number of aromatic nitrogens is 1. The number of nitrogen functional groups attached to an aromatic ring is 1. The number of nitrogens with zero attached hydrogens (tertiary/aromatic N) is 1. The first-order valence-electron chi connectivity index (χ1n) is 4.19. The molecule has 68 valence electrons. The van der Waals surface area contributed by atoms with Gasteiger partial charge in [0.1, 0.15) is 0 Å². The lowest BCUT2D eigenvalue weighted by Gasteiger charge is -1.95. The molecule has 0 aliphatic carbocycles. The van der Waals surface area contributed by atoms with Crippen LogP contribution in [0.5, 0.6) is 0 Å². The molecule has 1 aromatic heterocycles. The van der Waals surface area contributed by atoms with Gasteiger partial charge in [-0.15, -0.1) is 0 Å². The van der Waals surface area contributed by atoms with Gasteiger partial charge in [0.2, 0.25) is 0 Å². The maximum atomic E-state index is 5.79. The molecule has 0 saturated heterocycles. The summed E-state index contributed by atoms with van der Waals surface area (Å²) in [7, 11) is 0. The summed E-state index contributed by atoms with van der Waals surface area (Å²) in [6, 6.07) is 1.80.